The van der Waals surface area contributed by atoms with Crippen LogP contribution in [0.25, 0.3) is 0 Å². The summed E-state index contributed by atoms with van der Waals surface area (Å²) in [6.45, 7) is 4.83. The van der Waals surface area contributed by atoms with Crippen molar-refractivity contribution in [2.45, 2.75) is 6.92 Å². The molecule has 1 heterocycles. The molecular formula is C14H17ClN2O2. The van der Waals surface area contributed by atoms with Gasteiger partial charge in [0.05, 0.1) is 6.54 Å². The van der Waals surface area contributed by atoms with Gasteiger partial charge in [-0.15, -0.1) is 0 Å². The largest absolute Gasteiger partial charge is 0.340 e. The van der Waals surface area contributed by atoms with Gasteiger partial charge in [-0.25, -0.2) is 0 Å². The summed E-state index contributed by atoms with van der Waals surface area (Å²) in [5, 5.41) is 0.576. The van der Waals surface area contributed by atoms with Crippen LogP contribution in [-0.4, -0.2) is 54.2 Å². The molecule has 0 bridgehead atoms. The van der Waals surface area contributed by atoms with E-state index in [0.717, 1.165) is 13.1 Å². The van der Waals surface area contributed by atoms with Crippen LogP contribution >= 0.6 is 11.6 Å². The molecule has 0 spiro atoms. The molecule has 1 aromatic carbocycles. The van der Waals surface area contributed by atoms with Crippen molar-refractivity contribution in [1.82, 2.24) is 9.80 Å². The van der Waals surface area contributed by atoms with Gasteiger partial charge in [0.2, 0.25) is 5.91 Å². The summed E-state index contributed by atoms with van der Waals surface area (Å²) >= 11 is 5.88. The molecule has 0 atom stereocenters. The molecule has 19 heavy (non-hydrogen) atoms. The minimum absolute atomic E-state index is 0.0683. The van der Waals surface area contributed by atoms with Crippen molar-refractivity contribution in [2.24, 2.45) is 0 Å². The number of benzene rings is 1. The molecule has 0 saturated carbocycles. The minimum atomic E-state index is 0.0683. The summed E-state index contributed by atoms with van der Waals surface area (Å²) in [6, 6.07) is 7.00. The Labute approximate surface area is 117 Å². The molecule has 0 aliphatic carbocycles. The summed E-state index contributed by atoms with van der Waals surface area (Å²) in [4.78, 5) is 27.2. The number of Topliss-reactive ketones (excluding diaryl/α,β-unsaturated/α-hetero) is 1. The number of amides is 1. The molecule has 4 nitrogen and oxygen atoms in total. The van der Waals surface area contributed by atoms with Crippen LogP contribution in [0.1, 0.15) is 17.3 Å². The van der Waals surface area contributed by atoms with E-state index in [1.165, 1.54) is 0 Å². The predicted molar refractivity (Wildman–Crippen MR) is 74.5 cm³/mol. The smallest absolute Gasteiger partial charge is 0.219 e. The van der Waals surface area contributed by atoms with E-state index in [1.54, 1.807) is 36.1 Å². The Bertz CT molecular complexity index is 482. The first-order chi connectivity index (χ1) is 9.06. The Morgan fingerprint density at radius 3 is 2.47 bits per heavy atom. The molecule has 1 amide bonds. The van der Waals surface area contributed by atoms with E-state index in [4.69, 9.17) is 11.6 Å². The topological polar surface area (TPSA) is 40.6 Å². The number of ketones is 1. The maximum absolute atomic E-state index is 12.1. The third-order valence-electron chi connectivity index (χ3n) is 3.33. The summed E-state index contributed by atoms with van der Waals surface area (Å²) < 4.78 is 0. The Balaban J connectivity index is 1.89. The maximum Gasteiger partial charge on any atom is 0.219 e. The van der Waals surface area contributed by atoms with E-state index < -0.39 is 0 Å². The molecule has 102 valence electrons. The van der Waals surface area contributed by atoms with Crippen LogP contribution in [0.5, 0.6) is 0 Å². The first kappa shape index (κ1) is 14.0. The highest BCUT2D eigenvalue weighted by Gasteiger charge is 2.20. The molecule has 1 aromatic rings. The Morgan fingerprint density at radius 1 is 1.21 bits per heavy atom. The second kappa shape index (κ2) is 6.17. The number of nitrogens with zero attached hydrogens (tertiary/aromatic N) is 2. The fourth-order valence-corrected chi connectivity index (χ4v) is 2.37. The average Bonchev–Trinajstić information content (AvgIpc) is 2.39. The molecule has 2 rings (SSSR count). The van der Waals surface area contributed by atoms with Gasteiger partial charge in [-0.1, -0.05) is 23.7 Å². The summed E-state index contributed by atoms with van der Waals surface area (Å²) in [7, 11) is 0. The highest BCUT2D eigenvalue weighted by molar-refractivity contribution is 6.31. The van der Waals surface area contributed by atoms with Gasteiger partial charge in [-0.05, 0) is 12.1 Å². The zero-order valence-electron chi connectivity index (χ0n) is 10.9. The number of rotatable bonds is 3. The first-order valence-corrected chi connectivity index (χ1v) is 6.70. The van der Waals surface area contributed by atoms with Crippen molar-refractivity contribution in [2.75, 3.05) is 32.7 Å². The molecule has 1 saturated heterocycles. The van der Waals surface area contributed by atoms with Gasteiger partial charge in [0.15, 0.2) is 5.78 Å². The van der Waals surface area contributed by atoms with Gasteiger partial charge in [-0.2, -0.15) is 0 Å². The molecule has 0 unspecified atom stereocenters. The lowest BCUT2D eigenvalue weighted by atomic mass is 10.1. The van der Waals surface area contributed by atoms with E-state index in [2.05, 4.69) is 4.90 Å². The number of carbonyl (C=O) groups is 2. The van der Waals surface area contributed by atoms with Crippen LogP contribution in [0.2, 0.25) is 5.02 Å². The average molecular weight is 281 g/mol. The van der Waals surface area contributed by atoms with E-state index in [-0.39, 0.29) is 11.7 Å². The molecule has 0 radical (unpaired) electrons. The van der Waals surface area contributed by atoms with Crippen molar-refractivity contribution in [3.05, 3.63) is 34.9 Å². The number of halogens is 1. The van der Waals surface area contributed by atoms with Crippen LogP contribution in [0, 0.1) is 0 Å². The predicted octanol–water partition coefficient (Wildman–Crippen LogP) is 1.69. The highest BCUT2D eigenvalue weighted by Crippen LogP contribution is 2.12. The molecule has 1 fully saturated rings. The molecule has 0 N–H and O–H groups in total. The fourth-order valence-electron chi connectivity index (χ4n) is 2.18. The van der Waals surface area contributed by atoms with Crippen LogP contribution in [0.15, 0.2) is 24.3 Å². The Kier molecular flexibility index (Phi) is 4.56. The van der Waals surface area contributed by atoms with Gasteiger partial charge in [0, 0.05) is 43.7 Å². The molecule has 1 aliphatic heterocycles. The van der Waals surface area contributed by atoms with Crippen LogP contribution < -0.4 is 0 Å². The third-order valence-corrected chi connectivity index (χ3v) is 3.57. The lowest BCUT2D eigenvalue weighted by molar-refractivity contribution is -0.130. The molecular weight excluding hydrogens is 264 g/mol. The quantitative estimate of drug-likeness (QED) is 0.791. The van der Waals surface area contributed by atoms with Gasteiger partial charge < -0.3 is 4.90 Å². The molecule has 1 aliphatic rings. The van der Waals surface area contributed by atoms with E-state index in [9.17, 15) is 9.59 Å². The number of carbonyl (C=O) groups excluding carboxylic acids is 2. The van der Waals surface area contributed by atoms with E-state index in [1.807, 2.05) is 0 Å². The molecule has 5 heteroatoms. The number of piperazine rings is 1. The van der Waals surface area contributed by atoms with Gasteiger partial charge in [0.25, 0.3) is 0 Å². The second-order valence-corrected chi connectivity index (χ2v) is 5.15. The van der Waals surface area contributed by atoms with Gasteiger partial charge in [0.1, 0.15) is 0 Å². The van der Waals surface area contributed by atoms with Crippen molar-refractivity contribution in [3.8, 4) is 0 Å². The van der Waals surface area contributed by atoms with Crippen molar-refractivity contribution >= 4 is 23.3 Å². The SMILES string of the molecule is CC(=O)N1CCN(CC(=O)c2cccc(Cl)c2)CC1. The highest BCUT2D eigenvalue weighted by atomic mass is 35.5. The normalized spacial score (nSPS) is 16.4. The van der Waals surface area contributed by atoms with E-state index >= 15 is 0 Å². The molecule has 0 aromatic heterocycles. The summed E-state index contributed by atoms with van der Waals surface area (Å²) in [5.74, 6) is 0.166. The van der Waals surface area contributed by atoms with Gasteiger partial charge in [-0.3, -0.25) is 14.5 Å². The second-order valence-electron chi connectivity index (χ2n) is 4.72. The van der Waals surface area contributed by atoms with Crippen LogP contribution in [-0.2, 0) is 4.79 Å². The summed E-state index contributed by atoms with van der Waals surface area (Å²) in [5.41, 5.74) is 0.640. The monoisotopic (exact) mass is 280 g/mol. The maximum atomic E-state index is 12.1. The van der Waals surface area contributed by atoms with Crippen LogP contribution in [0.4, 0.5) is 0 Å². The lowest BCUT2D eigenvalue weighted by Gasteiger charge is -2.33. The Morgan fingerprint density at radius 2 is 1.89 bits per heavy atom. The van der Waals surface area contributed by atoms with Crippen molar-refractivity contribution < 1.29 is 9.59 Å². The van der Waals surface area contributed by atoms with Crippen LogP contribution in [0.3, 0.4) is 0 Å². The lowest BCUT2D eigenvalue weighted by Crippen LogP contribution is -2.49. The standard InChI is InChI=1S/C14H17ClN2O2/c1-11(18)17-7-5-16(6-8-17)10-14(19)12-3-2-4-13(15)9-12/h2-4,9H,5-8,10H2,1H3. The number of hydrogen-bond donors (Lipinski definition) is 0. The fraction of sp³-hybridized carbons (Fsp3) is 0.429. The number of hydrogen-bond acceptors (Lipinski definition) is 3. The van der Waals surface area contributed by atoms with E-state index in [0.29, 0.717) is 30.2 Å². The third kappa shape index (κ3) is 3.78. The Hall–Kier alpha value is -1.39. The minimum Gasteiger partial charge on any atom is -0.340 e. The zero-order valence-corrected chi connectivity index (χ0v) is 11.7. The summed E-state index contributed by atoms with van der Waals surface area (Å²) in [6.07, 6.45) is 0. The zero-order chi connectivity index (χ0) is 13.8. The first-order valence-electron chi connectivity index (χ1n) is 6.33. The van der Waals surface area contributed by atoms with Gasteiger partial charge >= 0.3 is 0 Å². The van der Waals surface area contributed by atoms with Crippen molar-refractivity contribution in [1.29, 1.82) is 0 Å². The van der Waals surface area contributed by atoms with Crippen molar-refractivity contribution in [3.63, 3.8) is 0 Å².